The van der Waals surface area contributed by atoms with E-state index in [2.05, 4.69) is 0 Å². The van der Waals surface area contributed by atoms with Gasteiger partial charge in [0.15, 0.2) is 5.78 Å². The van der Waals surface area contributed by atoms with Gasteiger partial charge in [0.2, 0.25) is 0 Å². The highest BCUT2D eigenvalue weighted by atomic mass is 35.5. The highest BCUT2D eigenvalue weighted by Gasteiger charge is 2.23. The number of carbonyl (C=O) groups is 1. The molecule has 0 spiro atoms. The molecule has 118 valence electrons. The van der Waals surface area contributed by atoms with E-state index in [9.17, 15) is 25.0 Å². The molecule has 0 N–H and O–H groups in total. The van der Waals surface area contributed by atoms with Gasteiger partial charge in [0.05, 0.1) is 21.6 Å². The summed E-state index contributed by atoms with van der Waals surface area (Å²) in [4.78, 5) is 32.5. The fourth-order valence-electron chi connectivity index (χ4n) is 2.22. The van der Waals surface area contributed by atoms with Gasteiger partial charge in [-0.3, -0.25) is 25.0 Å². The van der Waals surface area contributed by atoms with Crippen molar-refractivity contribution in [3.8, 4) is 0 Å². The van der Waals surface area contributed by atoms with Gasteiger partial charge in [-0.05, 0) is 11.1 Å². The molecule has 2 rings (SSSR count). The molecule has 0 saturated carbocycles. The molecule has 0 heterocycles. The minimum Gasteiger partial charge on any atom is -0.297 e. The number of ketones is 1. The molecule has 0 aliphatic heterocycles. The van der Waals surface area contributed by atoms with Crippen LogP contribution in [0.1, 0.15) is 17.0 Å². The summed E-state index contributed by atoms with van der Waals surface area (Å²) in [5.74, 6) is -1.26. The molecule has 0 fully saturated rings. The van der Waals surface area contributed by atoms with E-state index in [4.69, 9.17) is 11.6 Å². The van der Waals surface area contributed by atoms with Gasteiger partial charge in [0.25, 0.3) is 11.4 Å². The number of nitrogens with zero attached hydrogens (tertiary/aromatic N) is 2. The Kier molecular flexibility index (Phi) is 5.02. The predicted octanol–water partition coefficient (Wildman–Crippen LogP) is 3.44. The Morgan fingerprint density at radius 1 is 0.870 bits per heavy atom. The average Bonchev–Trinajstić information content (AvgIpc) is 2.55. The summed E-state index contributed by atoms with van der Waals surface area (Å²) < 4.78 is 0. The maximum absolute atomic E-state index is 12.2. The smallest absolute Gasteiger partial charge is 0.269 e. The number of non-ortho nitro benzene ring substituents is 2. The molecular weight excluding hydrogens is 324 g/mol. The van der Waals surface area contributed by atoms with Gasteiger partial charge in [-0.2, -0.15) is 0 Å². The van der Waals surface area contributed by atoms with Gasteiger partial charge in [-0.25, -0.2) is 0 Å². The van der Waals surface area contributed by atoms with Gasteiger partial charge in [-0.15, -0.1) is 11.6 Å². The van der Waals surface area contributed by atoms with E-state index in [1.165, 1.54) is 48.5 Å². The third-order valence-electron chi connectivity index (χ3n) is 3.33. The van der Waals surface area contributed by atoms with E-state index in [-0.39, 0.29) is 23.0 Å². The quantitative estimate of drug-likeness (QED) is 0.457. The summed E-state index contributed by atoms with van der Waals surface area (Å²) in [5.41, 5.74) is 0.897. The van der Waals surface area contributed by atoms with Crippen molar-refractivity contribution in [2.24, 2.45) is 0 Å². The Hall–Kier alpha value is -2.80. The van der Waals surface area contributed by atoms with E-state index in [0.717, 1.165) is 0 Å². The van der Waals surface area contributed by atoms with Crippen LogP contribution in [0.4, 0.5) is 11.4 Å². The molecule has 0 saturated heterocycles. The molecule has 0 aliphatic carbocycles. The first-order valence-electron chi connectivity index (χ1n) is 6.51. The van der Waals surface area contributed by atoms with Crippen molar-refractivity contribution in [2.45, 2.75) is 5.92 Å². The molecule has 2 aromatic carbocycles. The summed E-state index contributed by atoms with van der Waals surface area (Å²) in [7, 11) is 0. The van der Waals surface area contributed by atoms with Crippen LogP contribution in [-0.2, 0) is 4.79 Å². The maximum Gasteiger partial charge on any atom is 0.269 e. The summed E-state index contributed by atoms with van der Waals surface area (Å²) in [6, 6.07) is 11.1. The van der Waals surface area contributed by atoms with Crippen LogP contribution in [0, 0.1) is 20.2 Å². The summed E-state index contributed by atoms with van der Waals surface area (Å²) in [5, 5.41) is 21.4. The second kappa shape index (κ2) is 6.97. The first kappa shape index (κ1) is 16.6. The lowest BCUT2D eigenvalue weighted by molar-refractivity contribution is -0.385. The minimum absolute atomic E-state index is 0.0884. The van der Waals surface area contributed by atoms with Gasteiger partial charge in [-0.1, -0.05) is 24.3 Å². The summed E-state index contributed by atoms with van der Waals surface area (Å²) >= 11 is 5.64. The molecule has 0 aliphatic rings. The van der Waals surface area contributed by atoms with Crippen molar-refractivity contribution in [1.82, 2.24) is 0 Å². The van der Waals surface area contributed by atoms with Crippen LogP contribution in [0.2, 0.25) is 0 Å². The Morgan fingerprint density at radius 2 is 1.22 bits per heavy atom. The number of hydrogen-bond acceptors (Lipinski definition) is 5. The SMILES string of the molecule is O=C(CCl)C(c1ccc([N+](=O)[O-])cc1)c1ccc([N+](=O)[O-])cc1. The molecule has 2 aromatic rings. The third-order valence-corrected chi connectivity index (χ3v) is 3.59. The molecule has 0 bridgehead atoms. The lowest BCUT2D eigenvalue weighted by Crippen LogP contribution is -2.15. The van der Waals surface area contributed by atoms with Gasteiger partial charge in [0.1, 0.15) is 0 Å². The van der Waals surface area contributed by atoms with Crippen molar-refractivity contribution in [1.29, 1.82) is 0 Å². The fraction of sp³-hybridized carbons (Fsp3) is 0.133. The number of halogens is 1. The maximum atomic E-state index is 12.2. The van der Waals surface area contributed by atoms with E-state index >= 15 is 0 Å². The Bertz CT molecular complexity index is 686. The highest BCUT2D eigenvalue weighted by molar-refractivity contribution is 6.28. The van der Waals surface area contributed by atoms with E-state index in [1.807, 2.05) is 0 Å². The molecule has 0 aromatic heterocycles. The molecule has 0 amide bonds. The lowest BCUT2D eigenvalue weighted by atomic mass is 9.88. The zero-order valence-electron chi connectivity index (χ0n) is 11.7. The van der Waals surface area contributed by atoms with Crippen LogP contribution in [0.3, 0.4) is 0 Å². The van der Waals surface area contributed by atoms with Gasteiger partial charge in [0, 0.05) is 24.3 Å². The third kappa shape index (κ3) is 3.70. The standard InChI is InChI=1S/C15H11ClN2O5/c16-9-14(19)15(10-1-5-12(6-2-10)17(20)21)11-3-7-13(8-4-11)18(22)23/h1-8,15H,9H2. The van der Waals surface area contributed by atoms with Gasteiger partial charge >= 0.3 is 0 Å². The van der Waals surface area contributed by atoms with Crippen LogP contribution >= 0.6 is 11.6 Å². The van der Waals surface area contributed by atoms with E-state index in [0.29, 0.717) is 11.1 Å². The summed E-state index contributed by atoms with van der Waals surface area (Å²) in [6.07, 6.45) is 0. The Balaban J connectivity index is 2.42. The predicted molar refractivity (Wildman–Crippen MR) is 83.8 cm³/mol. The van der Waals surface area contributed by atoms with Crippen LogP contribution in [0.15, 0.2) is 48.5 Å². The number of alkyl halides is 1. The zero-order valence-corrected chi connectivity index (χ0v) is 12.5. The fourth-order valence-corrected chi connectivity index (χ4v) is 2.37. The van der Waals surface area contributed by atoms with Crippen molar-refractivity contribution in [2.75, 3.05) is 5.88 Å². The summed E-state index contributed by atoms with van der Waals surface area (Å²) in [6.45, 7) is 0. The molecule has 0 atom stereocenters. The molecule has 0 unspecified atom stereocenters. The zero-order chi connectivity index (χ0) is 17.0. The van der Waals surface area contributed by atoms with E-state index < -0.39 is 15.8 Å². The molecular formula is C15H11ClN2O5. The van der Waals surface area contributed by atoms with Crippen molar-refractivity contribution < 1.29 is 14.6 Å². The monoisotopic (exact) mass is 334 g/mol. The van der Waals surface area contributed by atoms with Crippen molar-refractivity contribution in [3.05, 3.63) is 79.9 Å². The van der Waals surface area contributed by atoms with Crippen molar-refractivity contribution >= 4 is 28.8 Å². The number of Topliss-reactive ketones (excluding diaryl/α,β-unsaturated/α-hetero) is 1. The molecule has 0 radical (unpaired) electrons. The molecule has 8 heteroatoms. The van der Waals surface area contributed by atoms with Crippen LogP contribution in [0.5, 0.6) is 0 Å². The molecule has 7 nitrogen and oxygen atoms in total. The number of rotatable bonds is 6. The van der Waals surface area contributed by atoms with Gasteiger partial charge < -0.3 is 0 Å². The van der Waals surface area contributed by atoms with Crippen molar-refractivity contribution in [3.63, 3.8) is 0 Å². The minimum atomic E-state index is -0.728. The number of hydrogen-bond donors (Lipinski definition) is 0. The topological polar surface area (TPSA) is 103 Å². The van der Waals surface area contributed by atoms with Crippen LogP contribution < -0.4 is 0 Å². The van der Waals surface area contributed by atoms with Crippen LogP contribution in [-0.4, -0.2) is 21.5 Å². The Morgan fingerprint density at radius 3 is 1.48 bits per heavy atom. The second-order valence-electron chi connectivity index (χ2n) is 4.73. The number of benzene rings is 2. The first-order valence-corrected chi connectivity index (χ1v) is 7.05. The second-order valence-corrected chi connectivity index (χ2v) is 5.00. The lowest BCUT2D eigenvalue weighted by Gasteiger charge is -2.15. The first-order chi connectivity index (χ1) is 10.9. The number of carbonyl (C=O) groups excluding carboxylic acids is 1. The molecule has 23 heavy (non-hydrogen) atoms. The number of nitro groups is 2. The highest BCUT2D eigenvalue weighted by Crippen LogP contribution is 2.29. The van der Waals surface area contributed by atoms with Crippen LogP contribution in [0.25, 0.3) is 0 Å². The Labute approximate surface area is 135 Å². The number of nitro benzene ring substituents is 2. The normalized spacial score (nSPS) is 10.5. The average molecular weight is 335 g/mol. The largest absolute Gasteiger partial charge is 0.297 e. The van der Waals surface area contributed by atoms with E-state index in [1.54, 1.807) is 0 Å².